The first-order chi connectivity index (χ1) is 9.60. The molecule has 1 atom stereocenters. The quantitative estimate of drug-likeness (QED) is 0.726. The Hall–Kier alpha value is -1.25. The molecule has 2 rings (SSSR count). The van der Waals surface area contributed by atoms with Gasteiger partial charge in [-0.2, -0.15) is 26.3 Å². The molecule has 0 saturated carbocycles. The van der Waals surface area contributed by atoms with Crippen molar-refractivity contribution in [3.8, 4) is 0 Å². The van der Waals surface area contributed by atoms with Crippen molar-refractivity contribution in [2.45, 2.75) is 18.4 Å². The summed E-state index contributed by atoms with van der Waals surface area (Å²) in [6.07, 6.45) is -9.50. The molecule has 1 aromatic carbocycles. The maximum atomic E-state index is 12.9. The normalized spacial score (nSPS) is 13.6. The highest BCUT2D eigenvalue weighted by atomic mass is 35.5. The van der Waals surface area contributed by atoms with E-state index in [-0.39, 0.29) is 12.4 Å². The van der Waals surface area contributed by atoms with Crippen molar-refractivity contribution in [1.82, 2.24) is 0 Å². The zero-order valence-corrected chi connectivity index (χ0v) is 12.3. The summed E-state index contributed by atoms with van der Waals surface area (Å²) in [5.74, 6) is 0. The second-order valence-corrected chi connectivity index (χ2v) is 5.27. The number of rotatable bonds is 2. The summed E-state index contributed by atoms with van der Waals surface area (Å²) < 4.78 is 76.9. The topological polar surface area (TPSA) is 26.0 Å². The van der Waals surface area contributed by atoms with Gasteiger partial charge in [0, 0.05) is 4.88 Å². The van der Waals surface area contributed by atoms with E-state index >= 15 is 0 Å². The van der Waals surface area contributed by atoms with Crippen molar-refractivity contribution in [3.63, 3.8) is 0 Å². The van der Waals surface area contributed by atoms with Crippen molar-refractivity contribution < 1.29 is 26.3 Å². The molecule has 9 heteroatoms. The summed E-state index contributed by atoms with van der Waals surface area (Å²) in [7, 11) is 0. The third-order valence-corrected chi connectivity index (χ3v) is 3.82. The molecule has 0 saturated heterocycles. The first kappa shape index (κ1) is 18.8. The Kier molecular flexibility index (Phi) is 5.53. The second-order valence-electron chi connectivity index (χ2n) is 4.29. The number of benzene rings is 1. The summed E-state index contributed by atoms with van der Waals surface area (Å²) in [4.78, 5) is 0.361. The van der Waals surface area contributed by atoms with E-state index in [2.05, 4.69) is 0 Å². The number of halogens is 7. The number of hydrogen-bond donors (Lipinski definition) is 1. The van der Waals surface area contributed by atoms with Crippen LogP contribution in [-0.2, 0) is 12.4 Å². The van der Waals surface area contributed by atoms with Gasteiger partial charge >= 0.3 is 12.4 Å². The van der Waals surface area contributed by atoms with Crippen LogP contribution in [-0.4, -0.2) is 0 Å². The Bertz CT molecular complexity index is 620. The van der Waals surface area contributed by atoms with Gasteiger partial charge in [-0.15, -0.1) is 23.7 Å². The van der Waals surface area contributed by atoms with Crippen LogP contribution in [0.25, 0.3) is 0 Å². The summed E-state index contributed by atoms with van der Waals surface area (Å²) in [5.41, 5.74) is 2.82. The molecular formula is C13H10ClF6NS. The van der Waals surface area contributed by atoms with Gasteiger partial charge in [-0.3, -0.25) is 0 Å². The van der Waals surface area contributed by atoms with E-state index in [1.54, 1.807) is 11.4 Å². The molecule has 0 bridgehead atoms. The molecule has 1 aromatic heterocycles. The molecular weight excluding hydrogens is 352 g/mol. The van der Waals surface area contributed by atoms with Gasteiger partial charge in [-0.05, 0) is 35.2 Å². The highest BCUT2D eigenvalue weighted by Crippen LogP contribution is 2.40. The van der Waals surface area contributed by atoms with Crippen LogP contribution in [0.1, 0.15) is 27.6 Å². The van der Waals surface area contributed by atoms with Crippen molar-refractivity contribution in [2.24, 2.45) is 5.73 Å². The Morgan fingerprint density at radius 3 is 2.05 bits per heavy atom. The van der Waals surface area contributed by atoms with Crippen molar-refractivity contribution in [3.05, 3.63) is 57.3 Å². The minimum atomic E-state index is -4.77. The predicted octanol–water partition coefficient (Wildman–Crippen LogP) is 5.26. The van der Waals surface area contributed by atoms with E-state index < -0.39 is 35.1 Å². The van der Waals surface area contributed by atoms with Gasteiger partial charge in [0.05, 0.1) is 17.2 Å². The van der Waals surface area contributed by atoms with Crippen molar-refractivity contribution in [2.75, 3.05) is 0 Å². The summed E-state index contributed by atoms with van der Waals surface area (Å²) in [5, 5.41) is 1.59. The molecule has 0 spiro atoms. The van der Waals surface area contributed by atoms with E-state index in [0.717, 1.165) is 11.3 Å². The monoisotopic (exact) mass is 361 g/mol. The lowest BCUT2D eigenvalue weighted by Gasteiger charge is -2.19. The van der Waals surface area contributed by atoms with E-state index in [4.69, 9.17) is 5.73 Å². The molecule has 0 aliphatic heterocycles. The van der Waals surface area contributed by atoms with Gasteiger partial charge in [0.15, 0.2) is 0 Å². The van der Waals surface area contributed by atoms with Gasteiger partial charge in [0.1, 0.15) is 0 Å². The first-order valence-electron chi connectivity index (χ1n) is 5.68. The smallest absolute Gasteiger partial charge is 0.320 e. The van der Waals surface area contributed by atoms with E-state index in [1.807, 2.05) is 0 Å². The maximum absolute atomic E-state index is 12.9. The van der Waals surface area contributed by atoms with E-state index in [9.17, 15) is 26.3 Å². The molecule has 22 heavy (non-hydrogen) atoms. The standard InChI is InChI=1S/C13H9F6NS.ClH/c14-12(15,16)7-3-4-9(13(17,18)19)8(6-7)11(20)10-2-1-5-21-10;/h1-6,11H,20H2;1H/t11-;/m0./s1. The lowest BCUT2D eigenvalue weighted by molar-refractivity contribution is -0.141. The first-order valence-corrected chi connectivity index (χ1v) is 6.56. The third-order valence-electron chi connectivity index (χ3n) is 2.87. The molecule has 0 radical (unpaired) electrons. The number of hydrogen-bond acceptors (Lipinski definition) is 2. The predicted molar refractivity (Wildman–Crippen MR) is 74.0 cm³/mol. The largest absolute Gasteiger partial charge is 0.416 e. The molecule has 0 aliphatic rings. The Balaban J connectivity index is 0.00000242. The molecule has 1 nitrogen and oxygen atoms in total. The fourth-order valence-electron chi connectivity index (χ4n) is 1.88. The summed E-state index contributed by atoms with van der Waals surface area (Å²) in [6, 6.07) is 3.09. The van der Waals surface area contributed by atoms with Crippen LogP contribution >= 0.6 is 23.7 Å². The Morgan fingerprint density at radius 2 is 1.59 bits per heavy atom. The van der Waals surface area contributed by atoms with Crippen LogP contribution in [0.2, 0.25) is 0 Å². The molecule has 0 unspecified atom stereocenters. The van der Waals surface area contributed by atoms with Crippen molar-refractivity contribution >= 4 is 23.7 Å². The Labute approximate surface area is 132 Å². The number of nitrogens with two attached hydrogens (primary N) is 1. The maximum Gasteiger partial charge on any atom is 0.416 e. The van der Waals surface area contributed by atoms with Gasteiger partial charge in [0.25, 0.3) is 0 Å². The summed E-state index contributed by atoms with van der Waals surface area (Å²) in [6.45, 7) is 0. The van der Waals surface area contributed by atoms with Gasteiger partial charge in [-0.1, -0.05) is 6.07 Å². The van der Waals surface area contributed by atoms with Crippen LogP contribution in [0, 0.1) is 0 Å². The SMILES string of the molecule is Cl.N[C@H](c1cccs1)c1cc(C(F)(F)F)ccc1C(F)(F)F. The van der Waals surface area contributed by atoms with Gasteiger partial charge in [0.2, 0.25) is 0 Å². The number of thiophene rings is 1. The van der Waals surface area contributed by atoms with E-state index in [0.29, 0.717) is 23.1 Å². The average Bonchev–Trinajstić information content (AvgIpc) is 2.88. The van der Waals surface area contributed by atoms with E-state index in [1.165, 1.54) is 6.07 Å². The van der Waals surface area contributed by atoms with Crippen LogP contribution in [0.15, 0.2) is 35.7 Å². The molecule has 0 aliphatic carbocycles. The average molecular weight is 362 g/mol. The number of alkyl halides is 6. The summed E-state index contributed by atoms with van der Waals surface area (Å²) >= 11 is 1.08. The van der Waals surface area contributed by atoms with Gasteiger partial charge < -0.3 is 5.73 Å². The molecule has 2 aromatic rings. The minimum absolute atomic E-state index is 0. The second kappa shape index (κ2) is 6.47. The highest BCUT2D eigenvalue weighted by Gasteiger charge is 2.38. The molecule has 122 valence electrons. The zero-order chi connectivity index (χ0) is 15.8. The Morgan fingerprint density at radius 1 is 0.955 bits per heavy atom. The lowest BCUT2D eigenvalue weighted by Crippen LogP contribution is -2.19. The van der Waals surface area contributed by atoms with Crippen LogP contribution < -0.4 is 5.73 Å². The molecule has 0 fully saturated rings. The fraction of sp³-hybridized carbons (Fsp3) is 0.231. The highest BCUT2D eigenvalue weighted by molar-refractivity contribution is 7.10. The fourth-order valence-corrected chi connectivity index (χ4v) is 2.62. The van der Waals surface area contributed by atoms with Crippen LogP contribution in [0.4, 0.5) is 26.3 Å². The molecule has 0 amide bonds. The molecule has 1 heterocycles. The van der Waals surface area contributed by atoms with Crippen LogP contribution in [0.5, 0.6) is 0 Å². The zero-order valence-electron chi connectivity index (χ0n) is 10.7. The lowest BCUT2D eigenvalue weighted by atomic mass is 9.96. The van der Waals surface area contributed by atoms with Gasteiger partial charge in [-0.25, -0.2) is 0 Å². The van der Waals surface area contributed by atoms with Crippen LogP contribution in [0.3, 0.4) is 0 Å². The third kappa shape index (κ3) is 3.93. The molecule has 2 N–H and O–H groups in total. The van der Waals surface area contributed by atoms with Crippen molar-refractivity contribution in [1.29, 1.82) is 0 Å². The minimum Gasteiger partial charge on any atom is -0.320 e.